The average Bonchev–Trinajstić information content (AvgIpc) is 3.66. The third-order valence-corrected chi connectivity index (χ3v) is 8.72. The highest BCUT2D eigenvalue weighted by Gasteiger charge is 2.32. The summed E-state index contributed by atoms with van der Waals surface area (Å²) in [7, 11) is 6.46. The first-order valence-electron chi connectivity index (χ1n) is 14.2. The summed E-state index contributed by atoms with van der Waals surface area (Å²) in [6, 6.07) is 17.8. The summed E-state index contributed by atoms with van der Waals surface area (Å²) in [6.07, 6.45) is 1.85. The molecule has 0 bridgehead atoms. The zero-order valence-electron chi connectivity index (χ0n) is 25.0. The minimum absolute atomic E-state index is 0.00246. The Morgan fingerprint density at radius 1 is 1.00 bits per heavy atom. The molecule has 1 aliphatic rings. The van der Waals surface area contributed by atoms with E-state index in [1.807, 2.05) is 41.4 Å². The SMILES string of the molecule is COc1ccc(OC)c(CC(=O)N2CCC(c3cn(C(NC(=O)c4ccc(Cl)c(Cl)c4)C(=O)N(C)C)c4ccccc34)C2)c1. The summed E-state index contributed by atoms with van der Waals surface area (Å²) >= 11 is 12.2. The molecular weight excluding hydrogens is 603 g/mol. The quantitative estimate of drug-likeness (QED) is 0.260. The monoisotopic (exact) mass is 636 g/mol. The smallest absolute Gasteiger partial charge is 0.265 e. The van der Waals surface area contributed by atoms with Crippen molar-refractivity contribution in [1.82, 2.24) is 19.7 Å². The highest BCUT2D eigenvalue weighted by Crippen LogP contribution is 2.36. The van der Waals surface area contributed by atoms with Crippen LogP contribution in [-0.4, -0.2) is 73.5 Å². The molecule has 230 valence electrons. The van der Waals surface area contributed by atoms with E-state index in [1.165, 1.54) is 11.0 Å². The van der Waals surface area contributed by atoms with Crippen LogP contribution in [0.4, 0.5) is 0 Å². The van der Waals surface area contributed by atoms with Gasteiger partial charge in [0.05, 0.1) is 36.2 Å². The fourth-order valence-corrected chi connectivity index (χ4v) is 5.94. The molecule has 2 heterocycles. The molecular formula is C33H34Cl2N4O5. The van der Waals surface area contributed by atoms with Gasteiger partial charge >= 0.3 is 0 Å². The fourth-order valence-electron chi connectivity index (χ4n) is 5.65. The van der Waals surface area contributed by atoms with E-state index in [0.717, 1.165) is 28.5 Å². The topological polar surface area (TPSA) is 93.1 Å². The number of amides is 3. The molecule has 2 unspecified atom stereocenters. The van der Waals surface area contributed by atoms with Crippen LogP contribution in [0.15, 0.2) is 66.9 Å². The van der Waals surface area contributed by atoms with Crippen LogP contribution in [0.25, 0.3) is 10.9 Å². The number of carbonyl (C=O) groups excluding carboxylic acids is 3. The van der Waals surface area contributed by atoms with Crippen molar-refractivity contribution in [2.75, 3.05) is 41.4 Å². The predicted molar refractivity (Wildman–Crippen MR) is 171 cm³/mol. The van der Waals surface area contributed by atoms with Crippen molar-refractivity contribution in [2.45, 2.75) is 24.9 Å². The number of aromatic nitrogens is 1. The highest BCUT2D eigenvalue weighted by molar-refractivity contribution is 6.42. The second kappa shape index (κ2) is 13.2. The van der Waals surface area contributed by atoms with Crippen LogP contribution in [0.1, 0.15) is 40.0 Å². The summed E-state index contributed by atoms with van der Waals surface area (Å²) in [5, 5.41) is 4.43. The number of rotatable bonds is 9. The number of likely N-dealkylation sites (N-methyl/N-ethyl adjacent to an activating group) is 1. The van der Waals surface area contributed by atoms with Gasteiger partial charge in [-0.05, 0) is 54.4 Å². The Hall–Kier alpha value is -4.21. The van der Waals surface area contributed by atoms with Crippen LogP contribution in [0.3, 0.4) is 0 Å². The number of halogens is 2. The number of likely N-dealkylation sites (tertiary alicyclic amines) is 1. The minimum Gasteiger partial charge on any atom is -0.497 e. The van der Waals surface area contributed by atoms with Crippen molar-refractivity contribution in [1.29, 1.82) is 0 Å². The van der Waals surface area contributed by atoms with Crippen LogP contribution in [0.5, 0.6) is 11.5 Å². The van der Waals surface area contributed by atoms with Crippen LogP contribution < -0.4 is 14.8 Å². The second-order valence-electron chi connectivity index (χ2n) is 10.9. The Balaban J connectivity index is 1.42. The van der Waals surface area contributed by atoms with Crippen LogP contribution in [0, 0.1) is 0 Å². The van der Waals surface area contributed by atoms with E-state index in [4.69, 9.17) is 32.7 Å². The van der Waals surface area contributed by atoms with E-state index in [1.54, 1.807) is 57.1 Å². The van der Waals surface area contributed by atoms with Gasteiger partial charge in [-0.15, -0.1) is 0 Å². The van der Waals surface area contributed by atoms with E-state index < -0.39 is 12.1 Å². The van der Waals surface area contributed by atoms with Gasteiger partial charge in [-0.2, -0.15) is 0 Å². The lowest BCUT2D eigenvalue weighted by atomic mass is 9.98. The van der Waals surface area contributed by atoms with E-state index in [2.05, 4.69) is 5.32 Å². The van der Waals surface area contributed by atoms with Gasteiger partial charge in [0.25, 0.3) is 11.8 Å². The van der Waals surface area contributed by atoms with E-state index in [0.29, 0.717) is 29.6 Å². The van der Waals surface area contributed by atoms with Crippen molar-refractivity contribution >= 4 is 51.8 Å². The summed E-state index contributed by atoms with van der Waals surface area (Å²) in [6.45, 7) is 1.13. The van der Waals surface area contributed by atoms with Crippen LogP contribution in [-0.2, 0) is 16.0 Å². The summed E-state index contributed by atoms with van der Waals surface area (Å²) < 4.78 is 12.6. The molecule has 0 aliphatic carbocycles. The average molecular weight is 638 g/mol. The Morgan fingerprint density at radius 2 is 1.77 bits per heavy atom. The van der Waals surface area contributed by atoms with Crippen LogP contribution >= 0.6 is 23.2 Å². The molecule has 1 saturated heterocycles. The van der Waals surface area contributed by atoms with E-state index >= 15 is 0 Å². The second-order valence-corrected chi connectivity index (χ2v) is 11.7. The molecule has 4 aromatic rings. The van der Waals surface area contributed by atoms with Crippen molar-refractivity contribution in [3.63, 3.8) is 0 Å². The van der Waals surface area contributed by atoms with Gasteiger partial charge in [-0.3, -0.25) is 14.4 Å². The molecule has 44 heavy (non-hydrogen) atoms. The number of hydrogen-bond acceptors (Lipinski definition) is 5. The Bertz CT molecular complexity index is 1720. The summed E-state index contributed by atoms with van der Waals surface area (Å²) in [5.41, 5.74) is 2.85. The van der Waals surface area contributed by atoms with Gasteiger partial charge in [-0.1, -0.05) is 41.4 Å². The van der Waals surface area contributed by atoms with Crippen molar-refractivity contribution in [2.24, 2.45) is 0 Å². The third kappa shape index (κ3) is 6.34. The molecule has 1 aromatic heterocycles. The number of methoxy groups -OCH3 is 2. The fraction of sp³-hybridized carbons (Fsp3) is 0.303. The third-order valence-electron chi connectivity index (χ3n) is 7.98. The molecule has 3 amide bonds. The number of benzene rings is 3. The standard InChI is InChI=1S/C33H34Cl2N4O5/c1-37(2)33(42)31(36-32(41)20-9-11-26(34)27(35)16-20)39-19-25(24-7-5-6-8-28(24)39)21-13-14-38(18-21)30(40)17-22-15-23(43-3)10-12-29(22)44-4/h5-12,15-16,19,21,31H,13-14,17-18H2,1-4H3,(H,36,41). The summed E-state index contributed by atoms with van der Waals surface area (Å²) in [5.74, 6) is 0.566. The molecule has 1 N–H and O–H groups in total. The lowest BCUT2D eigenvalue weighted by molar-refractivity contribution is -0.133. The van der Waals surface area contributed by atoms with Gasteiger partial charge in [0.1, 0.15) is 11.5 Å². The first-order chi connectivity index (χ1) is 21.1. The minimum atomic E-state index is -1.02. The number of nitrogens with zero attached hydrogens (tertiary/aromatic N) is 3. The number of carbonyl (C=O) groups is 3. The summed E-state index contributed by atoms with van der Waals surface area (Å²) in [4.78, 5) is 43.5. The van der Waals surface area contributed by atoms with Gasteiger partial charge in [-0.25, -0.2) is 0 Å². The Morgan fingerprint density at radius 3 is 2.48 bits per heavy atom. The molecule has 1 fully saturated rings. The van der Waals surface area contributed by atoms with Gasteiger partial charge in [0, 0.05) is 55.8 Å². The molecule has 9 nitrogen and oxygen atoms in total. The van der Waals surface area contributed by atoms with Gasteiger partial charge in [0.2, 0.25) is 5.91 Å². The van der Waals surface area contributed by atoms with Gasteiger partial charge in [0.15, 0.2) is 6.17 Å². The highest BCUT2D eigenvalue weighted by atomic mass is 35.5. The molecule has 3 aromatic carbocycles. The van der Waals surface area contributed by atoms with Crippen molar-refractivity contribution in [3.05, 3.63) is 93.6 Å². The predicted octanol–water partition coefficient (Wildman–Crippen LogP) is 5.54. The Labute approximate surface area is 266 Å². The normalized spacial score (nSPS) is 15.2. The van der Waals surface area contributed by atoms with Crippen LogP contribution in [0.2, 0.25) is 10.0 Å². The zero-order valence-corrected chi connectivity index (χ0v) is 26.5. The largest absolute Gasteiger partial charge is 0.497 e. The molecule has 0 spiro atoms. The molecule has 11 heteroatoms. The lowest BCUT2D eigenvalue weighted by Gasteiger charge is -2.24. The Kier molecular flexibility index (Phi) is 9.36. The number of nitrogens with one attached hydrogen (secondary N) is 1. The molecule has 5 rings (SSSR count). The van der Waals surface area contributed by atoms with Gasteiger partial charge < -0.3 is 29.2 Å². The molecule has 2 atom stereocenters. The van der Waals surface area contributed by atoms with E-state index in [9.17, 15) is 14.4 Å². The lowest BCUT2D eigenvalue weighted by Crippen LogP contribution is -2.42. The molecule has 0 saturated carbocycles. The molecule has 0 radical (unpaired) electrons. The number of hydrogen-bond donors (Lipinski definition) is 1. The van der Waals surface area contributed by atoms with E-state index in [-0.39, 0.29) is 34.7 Å². The van der Waals surface area contributed by atoms with Crippen molar-refractivity contribution in [3.8, 4) is 11.5 Å². The molecule has 1 aliphatic heterocycles. The first-order valence-corrected chi connectivity index (χ1v) is 14.9. The number of fused-ring (bicyclic) bond motifs is 1. The first kappa shape index (κ1) is 31.2. The number of ether oxygens (including phenoxy) is 2. The zero-order chi connectivity index (χ0) is 31.5. The number of para-hydroxylation sites is 1. The van der Waals surface area contributed by atoms with Crippen molar-refractivity contribution < 1.29 is 23.9 Å². The maximum Gasteiger partial charge on any atom is 0.265 e. The maximum absolute atomic E-state index is 13.5. The maximum atomic E-state index is 13.5.